The molecule has 0 fully saturated rings. The monoisotopic (exact) mass is 439 g/mol. The number of carbonyl (C=O) groups excluding carboxylic acids is 2. The van der Waals surface area contributed by atoms with Gasteiger partial charge in [-0.05, 0) is 42.6 Å². The SMILES string of the molecule is CNC(=O)c1ccc(Cl)cc1NC(=O)c1cc(-c2cccs2)nc2c1c(C)nn2C. The van der Waals surface area contributed by atoms with E-state index in [2.05, 4.69) is 15.7 Å². The molecule has 152 valence electrons. The number of carbonyl (C=O) groups is 2. The number of aryl methyl sites for hydroxylation is 2. The van der Waals surface area contributed by atoms with Gasteiger partial charge in [0.05, 0.1) is 38.5 Å². The molecule has 2 amide bonds. The van der Waals surface area contributed by atoms with Crippen LogP contribution >= 0.6 is 22.9 Å². The highest BCUT2D eigenvalue weighted by atomic mass is 35.5. The minimum absolute atomic E-state index is 0.321. The number of pyridine rings is 1. The molecule has 0 aliphatic rings. The van der Waals surface area contributed by atoms with Gasteiger partial charge in [-0.3, -0.25) is 14.3 Å². The fourth-order valence-corrected chi connectivity index (χ4v) is 4.17. The van der Waals surface area contributed by atoms with Gasteiger partial charge < -0.3 is 10.6 Å². The molecule has 30 heavy (non-hydrogen) atoms. The average Bonchev–Trinajstić information content (AvgIpc) is 3.35. The van der Waals surface area contributed by atoms with E-state index in [1.54, 1.807) is 36.0 Å². The van der Waals surface area contributed by atoms with E-state index in [1.165, 1.54) is 18.4 Å². The molecule has 2 N–H and O–H groups in total. The maximum atomic E-state index is 13.3. The lowest BCUT2D eigenvalue weighted by molar-refractivity contribution is 0.0964. The summed E-state index contributed by atoms with van der Waals surface area (Å²) in [6, 6.07) is 10.4. The fraction of sp³-hybridized carbons (Fsp3) is 0.143. The Morgan fingerprint density at radius 1 is 1.13 bits per heavy atom. The van der Waals surface area contributed by atoms with Crippen LogP contribution in [0.1, 0.15) is 26.4 Å². The molecular weight excluding hydrogens is 422 g/mol. The summed E-state index contributed by atoms with van der Waals surface area (Å²) in [5.74, 6) is -0.692. The van der Waals surface area contributed by atoms with E-state index in [0.717, 1.165) is 4.88 Å². The summed E-state index contributed by atoms with van der Waals surface area (Å²) < 4.78 is 1.66. The smallest absolute Gasteiger partial charge is 0.256 e. The zero-order valence-electron chi connectivity index (χ0n) is 16.5. The van der Waals surface area contributed by atoms with E-state index in [-0.39, 0.29) is 11.8 Å². The average molecular weight is 440 g/mol. The van der Waals surface area contributed by atoms with E-state index in [0.29, 0.717) is 44.3 Å². The third-order valence-corrected chi connectivity index (χ3v) is 5.82. The van der Waals surface area contributed by atoms with Crippen molar-refractivity contribution in [2.45, 2.75) is 6.92 Å². The predicted octanol–water partition coefficient (Wildman–Crippen LogP) is 4.27. The zero-order valence-corrected chi connectivity index (χ0v) is 18.1. The van der Waals surface area contributed by atoms with Crippen LogP contribution in [0.4, 0.5) is 5.69 Å². The molecule has 0 aliphatic carbocycles. The summed E-state index contributed by atoms with van der Waals surface area (Å²) in [5, 5.41) is 12.9. The number of hydrogen-bond donors (Lipinski definition) is 2. The van der Waals surface area contributed by atoms with Gasteiger partial charge in [0, 0.05) is 19.1 Å². The predicted molar refractivity (Wildman–Crippen MR) is 119 cm³/mol. The van der Waals surface area contributed by atoms with Gasteiger partial charge in [0.2, 0.25) is 0 Å². The lowest BCUT2D eigenvalue weighted by atomic mass is 10.1. The Labute approximate surface area is 181 Å². The summed E-state index contributed by atoms with van der Waals surface area (Å²) in [6.07, 6.45) is 0. The van der Waals surface area contributed by atoms with Crippen LogP contribution in [0.15, 0.2) is 41.8 Å². The van der Waals surface area contributed by atoms with E-state index in [9.17, 15) is 9.59 Å². The minimum Gasteiger partial charge on any atom is -0.355 e. The largest absolute Gasteiger partial charge is 0.355 e. The summed E-state index contributed by atoms with van der Waals surface area (Å²) in [7, 11) is 3.32. The van der Waals surface area contributed by atoms with Crippen molar-refractivity contribution in [1.29, 1.82) is 0 Å². The number of thiophene rings is 1. The molecule has 0 saturated heterocycles. The number of halogens is 1. The molecule has 4 rings (SSSR count). The standard InChI is InChI=1S/C21H18ClN5O2S/c1-11-18-14(10-16(17-5-4-8-30-17)24-19(18)27(3)26-11)21(29)25-15-9-12(22)6-7-13(15)20(28)23-2/h4-10H,1-3H3,(H,23,28)(H,25,29). The minimum atomic E-state index is -0.372. The van der Waals surface area contributed by atoms with Gasteiger partial charge in [-0.25, -0.2) is 4.98 Å². The third kappa shape index (κ3) is 3.55. The molecule has 3 heterocycles. The van der Waals surface area contributed by atoms with Gasteiger partial charge >= 0.3 is 0 Å². The highest BCUT2D eigenvalue weighted by Gasteiger charge is 2.21. The number of amides is 2. The molecule has 0 atom stereocenters. The van der Waals surface area contributed by atoms with Gasteiger partial charge in [0.1, 0.15) is 0 Å². The Hall–Kier alpha value is -3.23. The molecule has 7 nitrogen and oxygen atoms in total. The summed E-state index contributed by atoms with van der Waals surface area (Å²) >= 11 is 7.64. The van der Waals surface area contributed by atoms with Crippen molar-refractivity contribution in [2.24, 2.45) is 7.05 Å². The van der Waals surface area contributed by atoms with Crippen molar-refractivity contribution in [3.8, 4) is 10.6 Å². The first-order chi connectivity index (χ1) is 14.4. The number of rotatable bonds is 4. The van der Waals surface area contributed by atoms with Crippen LogP contribution in [0.5, 0.6) is 0 Å². The van der Waals surface area contributed by atoms with Crippen molar-refractivity contribution < 1.29 is 9.59 Å². The van der Waals surface area contributed by atoms with Crippen LogP contribution < -0.4 is 10.6 Å². The summed E-state index contributed by atoms with van der Waals surface area (Å²) in [4.78, 5) is 31.2. The summed E-state index contributed by atoms with van der Waals surface area (Å²) in [6.45, 7) is 1.83. The van der Waals surface area contributed by atoms with Gasteiger partial charge in [0.15, 0.2) is 5.65 Å². The molecular formula is C21H18ClN5O2S. The van der Waals surface area contributed by atoms with Crippen LogP contribution in [0.3, 0.4) is 0 Å². The van der Waals surface area contributed by atoms with Gasteiger partial charge in [-0.2, -0.15) is 5.10 Å². The Balaban J connectivity index is 1.85. The zero-order chi connectivity index (χ0) is 21.4. The Morgan fingerprint density at radius 3 is 2.63 bits per heavy atom. The molecule has 1 aromatic carbocycles. The van der Waals surface area contributed by atoms with Gasteiger partial charge in [-0.15, -0.1) is 11.3 Å². The summed E-state index contributed by atoms with van der Waals surface area (Å²) in [5.41, 5.74) is 3.07. The first kappa shape index (κ1) is 20.1. The third-order valence-electron chi connectivity index (χ3n) is 4.69. The fourth-order valence-electron chi connectivity index (χ4n) is 3.32. The topological polar surface area (TPSA) is 88.9 Å². The van der Waals surface area contributed by atoms with E-state index in [1.807, 2.05) is 24.4 Å². The quantitative estimate of drug-likeness (QED) is 0.497. The molecule has 0 saturated carbocycles. The van der Waals surface area contributed by atoms with Crippen molar-refractivity contribution in [2.75, 3.05) is 12.4 Å². The van der Waals surface area contributed by atoms with E-state index < -0.39 is 0 Å². The Bertz CT molecular complexity index is 1280. The molecule has 0 aliphatic heterocycles. The van der Waals surface area contributed by atoms with Gasteiger partial charge in [0.25, 0.3) is 11.8 Å². The number of nitrogens with zero attached hydrogens (tertiary/aromatic N) is 3. The van der Waals surface area contributed by atoms with Crippen molar-refractivity contribution in [3.05, 3.63) is 63.6 Å². The Kier molecular flexibility index (Phi) is 5.27. The normalized spacial score (nSPS) is 10.9. The molecule has 0 unspecified atom stereocenters. The van der Waals surface area contributed by atoms with Gasteiger partial charge in [-0.1, -0.05) is 17.7 Å². The first-order valence-corrected chi connectivity index (χ1v) is 10.4. The number of anilines is 1. The second-order valence-electron chi connectivity index (χ2n) is 6.66. The number of nitrogens with one attached hydrogen (secondary N) is 2. The maximum absolute atomic E-state index is 13.3. The highest BCUT2D eigenvalue weighted by Crippen LogP contribution is 2.30. The second-order valence-corrected chi connectivity index (χ2v) is 8.05. The number of hydrogen-bond acceptors (Lipinski definition) is 5. The van der Waals surface area contributed by atoms with Crippen molar-refractivity contribution in [3.63, 3.8) is 0 Å². The highest BCUT2D eigenvalue weighted by molar-refractivity contribution is 7.13. The van der Waals surface area contributed by atoms with Crippen LogP contribution in [-0.4, -0.2) is 33.6 Å². The lowest BCUT2D eigenvalue weighted by Gasteiger charge is -2.12. The number of benzene rings is 1. The molecule has 0 spiro atoms. The van der Waals surface area contributed by atoms with Crippen molar-refractivity contribution >= 4 is 51.5 Å². The lowest BCUT2D eigenvalue weighted by Crippen LogP contribution is -2.21. The van der Waals surface area contributed by atoms with Crippen LogP contribution in [0.2, 0.25) is 5.02 Å². The van der Waals surface area contributed by atoms with Crippen LogP contribution in [-0.2, 0) is 7.05 Å². The molecule has 4 aromatic rings. The number of fused-ring (bicyclic) bond motifs is 1. The number of aromatic nitrogens is 3. The molecule has 0 radical (unpaired) electrons. The second kappa shape index (κ2) is 7.89. The van der Waals surface area contributed by atoms with Crippen LogP contribution in [0, 0.1) is 6.92 Å². The molecule has 3 aromatic heterocycles. The van der Waals surface area contributed by atoms with Crippen molar-refractivity contribution in [1.82, 2.24) is 20.1 Å². The first-order valence-electron chi connectivity index (χ1n) is 9.10. The van der Waals surface area contributed by atoms with E-state index in [4.69, 9.17) is 16.6 Å². The maximum Gasteiger partial charge on any atom is 0.256 e. The van der Waals surface area contributed by atoms with E-state index >= 15 is 0 Å². The molecule has 0 bridgehead atoms. The van der Waals surface area contributed by atoms with Crippen LogP contribution in [0.25, 0.3) is 21.6 Å². The molecule has 9 heteroatoms. The Morgan fingerprint density at radius 2 is 1.93 bits per heavy atom.